The van der Waals surface area contributed by atoms with Crippen LogP contribution in [0.5, 0.6) is 5.75 Å². The molecule has 132 valence electrons. The summed E-state index contributed by atoms with van der Waals surface area (Å²) >= 11 is 0. The van der Waals surface area contributed by atoms with Gasteiger partial charge in [-0.1, -0.05) is 17.6 Å². The van der Waals surface area contributed by atoms with Crippen molar-refractivity contribution in [3.8, 4) is 5.75 Å². The van der Waals surface area contributed by atoms with E-state index in [2.05, 4.69) is 5.32 Å². The van der Waals surface area contributed by atoms with E-state index in [0.29, 0.717) is 23.2 Å². The Morgan fingerprint density at radius 1 is 0.840 bits per heavy atom. The first-order valence-corrected chi connectivity index (χ1v) is 7.20. The minimum Gasteiger partial charge on any atom is -0.508 e. The number of phenols is 1. The van der Waals surface area contributed by atoms with Crippen molar-refractivity contribution in [1.29, 1.82) is 0 Å². The molecule has 10 heteroatoms. The van der Waals surface area contributed by atoms with E-state index in [4.69, 9.17) is 0 Å². The maximum absolute atomic E-state index is 12.8. The van der Waals surface area contributed by atoms with Gasteiger partial charge in [-0.3, -0.25) is 0 Å². The quantitative estimate of drug-likeness (QED) is 0.644. The lowest BCUT2D eigenvalue weighted by Crippen LogP contribution is -2.17. The first-order valence-electron chi connectivity index (χ1n) is 7.20. The van der Waals surface area contributed by atoms with Gasteiger partial charge < -0.3 is 10.4 Å². The van der Waals surface area contributed by atoms with Crippen LogP contribution in [0, 0.1) is 0 Å². The van der Waals surface area contributed by atoms with Crippen LogP contribution in [0.25, 0.3) is 0 Å². The van der Waals surface area contributed by atoms with E-state index in [1.54, 1.807) is 27.8 Å². The van der Waals surface area contributed by atoms with Crippen LogP contribution in [0.2, 0.25) is 0 Å². The normalized spacial score (nSPS) is 12.2. The number of alkyl halides is 6. The highest BCUT2D eigenvalue weighted by Gasteiger charge is 2.36. The number of aromatic hydroxyl groups is 1. The summed E-state index contributed by atoms with van der Waals surface area (Å²) in [6.45, 7) is -0.118. The number of rotatable bonds is 3. The second kappa shape index (κ2) is 6.57. The van der Waals surface area contributed by atoms with Crippen LogP contribution >= 0.6 is 0 Å². The molecule has 0 bridgehead atoms. The second-order valence-corrected chi connectivity index (χ2v) is 5.74. The number of hydrogen-bond donors (Lipinski definition) is 2. The van der Waals surface area contributed by atoms with Crippen molar-refractivity contribution in [2.45, 2.75) is 18.9 Å². The summed E-state index contributed by atoms with van der Waals surface area (Å²) in [6, 6.07) is 4.60. The molecule has 0 saturated carbocycles. The number of hydrogen-bond acceptors (Lipinski definition) is 2. The summed E-state index contributed by atoms with van der Waals surface area (Å²) in [7, 11) is 3.42. The van der Waals surface area contributed by atoms with Gasteiger partial charge in [0.15, 0.2) is 0 Å². The van der Waals surface area contributed by atoms with Crippen molar-refractivity contribution in [2.24, 2.45) is 0 Å². The fourth-order valence-corrected chi connectivity index (χ4v) is 2.44. The summed E-state index contributed by atoms with van der Waals surface area (Å²) in [5.74, 6) is -0.0545. The lowest BCUT2D eigenvalue weighted by molar-refractivity contribution is -0.143. The molecule has 0 fully saturated rings. The fraction of sp³-hybridized carbons (Fsp3) is 0.200. The lowest BCUT2D eigenvalue weighted by atomic mass is 9.84. The van der Waals surface area contributed by atoms with Crippen molar-refractivity contribution in [2.75, 3.05) is 5.32 Å². The lowest BCUT2D eigenvalue weighted by Gasteiger charge is -2.16. The van der Waals surface area contributed by atoms with Crippen LogP contribution in [0.15, 0.2) is 30.3 Å². The molecule has 0 radical (unpaired) electrons. The first kappa shape index (κ1) is 19.1. The SMILES string of the molecule is Bc1cc(B)c(O)c(CNc2cc(C(F)(F)F)cc(C(F)(F)F)c2)c1. The monoisotopic (exact) mass is 359 g/mol. The molecule has 0 aromatic heterocycles. The van der Waals surface area contributed by atoms with E-state index in [1.807, 2.05) is 0 Å². The summed E-state index contributed by atoms with van der Waals surface area (Å²) in [4.78, 5) is 0. The van der Waals surface area contributed by atoms with Gasteiger partial charge in [0.2, 0.25) is 0 Å². The third-order valence-electron chi connectivity index (χ3n) is 3.59. The molecule has 0 saturated heterocycles. The number of halogens is 6. The van der Waals surface area contributed by atoms with E-state index >= 15 is 0 Å². The van der Waals surface area contributed by atoms with Gasteiger partial charge in [0.05, 0.1) is 11.1 Å². The average Bonchev–Trinajstić information content (AvgIpc) is 2.47. The molecule has 2 N–H and O–H groups in total. The topological polar surface area (TPSA) is 32.3 Å². The van der Waals surface area contributed by atoms with Crippen molar-refractivity contribution >= 4 is 32.3 Å². The van der Waals surface area contributed by atoms with Crippen molar-refractivity contribution in [3.63, 3.8) is 0 Å². The van der Waals surface area contributed by atoms with Gasteiger partial charge >= 0.3 is 12.4 Å². The molecule has 0 atom stereocenters. The molecule has 0 unspecified atom stereocenters. The molecule has 0 aliphatic carbocycles. The van der Waals surface area contributed by atoms with E-state index < -0.39 is 23.5 Å². The first-order chi connectivity index (χ1) is 11.4. The van der Waals surface area contributed by atoms with Crippen LogP contribution in [-0.2, 0) is 18.9 Å². The van der Waals surface area contributed by atoms with E-state index in [9.17, 15) is 31.4 Å². The largest absolute Gasteiger partial charge is 0.508 e. The van der Waals surface area contributed by atoms with Crippen LogP contribution < -0.4 is 16.2 Å². The molecule has 0 heterocycles. The number of benzene rings is 2. The molecule has 2 nitrogen and oxygen atoms in total. The molecule has 0 spiro atoms. The third-order valence-corrected chi connectivity index (χ3v) is 3.59. The van der Waals surface area contributed by atoms with Crippen LogP contribution in [0.3, 0.4) is 0 Å². The Morgan fingerprint density at radius 2 is 1.36 bits per heavy atom. The summed E-state index contributed by atoms with van der Waals surface area (Å²) in [5.41, 5.74) is -1.36. The molecule has 0 aliphatic heterocycles. The maximum Gasteiger partial charge on any atom is 0.416 e. The highest BCUT2D eigenvalue weighted by Crippen LogP contribution is 2.37. The van der Waals surface area contributed by atoms with E-state index in [-0.39, 0.29) is 24.0 Å². The van der Waals surface area contributed by atoms with E-state index in [1.165, 1.54) is 0 Å². The van der Waals surface area contributed by atoms with Gasteiger partial charge in [-0.2, -0.15) is 26.3 Å². The highest BCUT2D eigenvalue weighted by atomic mass is 19.4. The zero-order valence-corrected chi connectivity index (χ0v) is 13.3. The van der Waals surface area contributed by atoms with Gasteiger partial charge in [0.1, 0.15) is 21.4 Å². The zero-order valence-electron chi connectivity index (χ0n) is 13.3. The fourth-order valence-electron chi connectivity index (χ4n) is 2.44. The number of phenolic OH excluding ortho intramolecular Hbond substituents is 1. The molecule has 0 aliphatic rings. The Kier molecular flexibility index (Phi) is 5.02. The Hall–Kier alpha value is -2.25. The van der Waals surface area contributed by atoms with Gasteiger partial charge in [-0.15, -0.1) is 0 Å². The average molecular weight is 359 g/mol. The molecular weight excluding hydrogens is 346 g/mol. The summed E-state index contributed by atoms with van der Waals surface area (Å²) < 4.78 is 77.0. The smallest absolute Gasteiger partial charge is 0.416 e. The number of nitrogens with one attached hydrogen (secondary N) is 1. The predicted octanol–water partition coefficient (Wildman–Crippen LogP) is 1.56. The predicted molar refractivity (Wildman–Crippen MR) is 88.2 cm³/mol. The summed E-state index contributed by atoms with van der Waals surface area (Å²) in [6.07, 6.45) is -9.81. The molecule has 2 rings (SSSR count). The van der Waals surface area contributed by atoms with E-state index in [0.717, 1.165) is 5.46 Å². The van der Waals surface area contributed by atoms with Gasteiger partial charge in [-0.05, 0) is 23.7 Å². The molecule has 25 heavy (non-hydrogen) atoms. The van der Waals surface area contributed by atoms with Crippen molar-refractivity contribution in [3.05, 3.63) is 47.0 Å². The minimum atomic E-state index is -4.90. The third kappa shape index (κ3) is 4.64. The van der Waals surface area contributed by atoms with Crippen LogP contribution in [0.4, 0.5) is 32.0 Å². The Balaban J connectivity index is 2.36. The van der Waals surface area contributed by atoms with Gasteiger partial charge in [0.25, 0.3) is 0 Å². The van der Waals surface area contributed by atoms with Gasteiger partial charge in [-0.25, -0.2) is 0 Å². The Bertz CT molecular complexity index is 757. The molecule has 0 amide bonds. The zero-order chi connectivity index (χ0) is 19.0. The Morgan fingerprint density at radius 3 is 1.84 bits per heavy atom. The molecule has 2 aromatic rings. The highest BCUT2D eigenvalue weighted by molar-refractivity contribution is 6.39. The van der Waals surface area contributed by atoms with Crippen LogP contribution in [-0.4, -0.2) is 20.8 Å². The maximum atomic E-state index is 12.8. The van der Waals surface area contributed by atoms with Crippen molar-refractivity contribution in [1.82, 2.24) is 0 Å². The van der Waals surface area contributed by atoms with Gasteiger partial charge in [0, 0.05) is 17.8 Å². The summed E-state index contributed by atoms with van der Waals surface area (Å²) in [5, 5.41) is 12.5. The Labute approximate surface area is 141 Å². The number of anilines is 1. The minimum absolute atomic E-state index is 0.0545. The molecular formula is C15H13B2F6NO. The van der Waals surface area contributed by atoms with Crippen LogP contribution in [0.1, 0.15) is 16.7 Å². The van der Waals surface area contributed by atoms with Crippen molar-refractivity contribution < 1.29 is 31.4 Å². The standard InChI is InChI=1S/C15H13B2F6NO/c16-10-1-7(13(25)12(17)5-10)6-24-11-3-8(14(18,19)20)2-9(4-11)15(21,22)23/h1-5,24-25H,6,16-17H2. The second-order valence-electron chi connectivity index (χ2n) is 5.74. The molecule has 2 aromatic carbocycles.